The van der Waals surface area contributed by atoms with E-state index in [1.807, 2.05) is 61.0 Å². The van der Waals surface area contributed by atoms with Crippen LogP contribution in [0.5, 0.6) is 0 Å². The van der Waals surface area contributed by atoms with Crippen molar-refractivity contribution in [3.63, 3.8) is 0 Å². The summed E-state index contributed by atoms with van der Waals surface area (Å²) >= 11 is 0. The number of hydrogen-bond acceptors (Lipinski definition) is 1. The highest BCUT2D eigenvalue weighted by molar-refractivity contribution is 5.98. The second-order valence-electron chi connectivity index (χ2n) is 5.24. The van der Waals surface area contributed by atoms with Crippen molar-refractivity contribution in [3.05, 3.63) is 71.4 Å². The van der Waals surface area contributed by atoms with Crippen LogP contribution in [0.2, 0.25) is 0 Å². The summed E-state index contributed by atoms with van der Waals surface area (Å²) in [4.78, 5) is 12.5. The van der Waals surface area contributed by atoms with Gasteiger partial charge in [-0.25, -0.2) is 0 Å². The maximum atomic E-state index is 12.5. The molecule has 2 aromatic carbocycles. The van der Waals surface area contributed by atoms with Crippen molar-refractivity contribution in [3.8, 4) is 0 Å². The van der Waals surface area contributed by atoms with Gasteiger partial charge < -0.3 is 4.57 Å². The van der Waals surface area contributed by atoms with E-state index in [1.165, 1.54) is 10.9 Å². The molecule has 0 aliphatic rings. The maximum Gasteiger partial charge on any atom is 0.182 e. The summed E-state index contributed by atoms with van der Waals surface area (Å²) in [5, 5.41) is 1.17. The standard InChI is InChI=1S/C18H17NO/c1-13-7-8-16(14(2)11-13)18(20)12-19-10-9-15-5-3-4-6-17(15)19/h3-11H,12H2,1-2H3. The van der Waals surface area contributed by atoms with Crippen molar-refractivity contribution in [2.24, 2.45) is 0 Å². The van der Waals surface area contributed by atoms with Crippen LogP contribution in [0.3, 0.4) is 0 Å². The first-order chi connectivity index (χ1) is 9.65. The monoisotopic (exact) mass is 263 g/mol. The second kappa shape index (κ2) is 4.97. The minimum atomic E-state index is 0.156. The summed E-state index contributed by atoms with van der Waals surface area (Å²) < 4.78 is 2.01. The first-order valence-corrected chi connectivity index (χ1v) is 6.79. The molecule has 0 saturated carbocycles. The maximum absolute atomic E-state index is 12.5. The molecule has 0 aliphatic heterocycles. The van der Waals surface area contributed by atoms with Crippen molar-refractivity contribution in [1.29, 1.82) is 0 Å². The summed E-state index contributed by atoms with van der Waals surface area (Å²) in [6.07, 6.45) is 1.98. The van der Waals surface area contributed by atoms with E-state index in [4.69, 9.17) is 0 Å². The molecule has 0 N–H and O–H groups in total. The average molecular weight is 263 g/mol. The van der Waals surface area contributed by atoms with Crippen molar-refractivity contribution in [2.45, 2.75) is 20.4 Å². The number of Topliss-reactive ketones (excluding diaryl/α,β-unsaturated/α-hetero) is 1. The average Bonchev–Trinajstić information content (AvgIpc) is 2.82. The largest absolute Gasteiger partial charge is 0.340 e. The van der Waals surface area contributed by atoms with Gasteiger partial charge in [0.25, 0.3) is 0 Å². The van der Waals surface area contributed by atoms with E-state index < -0.39 is 0 Å². The number of ketones is 1. The lowest BCUT2D eigenvalue weighted by Crippen LogP contribution is -2.11. The third-order valence-corrected chi connectivity index (χ3v) is 3.68. The smallest absolute Gasteiger partial charge is 0.182 e. The van der Waals surface area contributed by atoms with Gasteiger partial charge in [-0.05, 0) is 36.9 Å². The molecule has 1 aromatic heterocycles. The molecule has 0 bridgehead atoms. The van der Waals surface area contributed by atoms with E-state index in [-0.39, 0.29) is 5.78 Å². The Labute approximate surface area is 118 Å². The molecular formula is C18H17NO. The van der Waals surface area contributed by atoms with Crippen LogP contribution in [0, 0.1) is 13.8 Å². The number of aromatic nitrogens is 1. The Hall–Kier alpha value is -2.35. The van der Waals surface area contributed by atoms with E-state index in [9.17, 15) is 4.79 Å². The zero-order chi connectivity index (χ0) is 14.1. The summed E-state index contributed by atoms with van der Waals surface area (Å²) in [5.74, 6) is 0.156. The van der Waals surface area contributed by atoms with Crippen LogP contribution >= 0.6 is 0 Å². The lowest BCUT2D eigenvalue weighted by molar-refractivity contribution is 0.0973. The molecule has 1 heterocycles. The van der Waals surface area contributed by atoms with Gasteiger partial charge in [0.2, 0.25) is 0 Å². The minimum Gasteiger partial charge on any atom is -0.340 e. The Morgan fingerprint density at radius 2 is 1.85 bits per heavy atom. The Bertz CT molecular complexity index is 783. The highest BCUT2D eigenvalue weighted by Crippen LogP contribution is 2.17. The molecule has 0 unspecified atom stereocenters. The zero-order valence-corrected chi connectivity index (χ0v) is 11.8. The van der Waals surface area contributed by atoms with Gasteiger partial charge in [0, 0.05) is 17.3 Å². The lowest BCUT2D eigenvalue weighted by Gasteiger charge is -2.08. The van der Waals surface area contributed by atoms with E-state index in [2.05, 4.69) is 12.1 Å². The van der Waals surface area contributed by atoms with Crippen LogP contribution in [0.4, 0.5) is 0 Å². The number of nitrogens with zero attached hydrogens (tertiary/aromatic N) is 1. The molecule has 0 fully saturated rings. The fraction of sp³-hybridized carbons (Fsp3) is 0.167. The van der Waals surface area contributed by atoms with Gasteiger partial charge >= 0.3 is 0 Å². The molecule has 0 spiro atoms. The number of carbonyl (C=O) groups excluding carboxylic acids is 1. The zero-order valence-electron chi connectivity index (χ0n) is 11.8. The minimum absolute atomic E-state index is 0.156. The molecule has 0 saturated heterocycles. The first kappa shape index (κ1) is 12.7. The van der Waals surface area contributed by atoms with Crippen LogP contribution in [-0.4, -0.2) is 10.4 Å². The van der Waals surface area contributed by atoms with E-state index >= 15 is 0 Å². The molecule has 0 aliphatic carbocycles. The number of carbonyl (C=O) groups is 1. The van der Waals surface area contributed by atoms with E-state index in [0.29, 0.717) is 6.54 Å². The van der Waals surface area contributed by atoms with Crippen LogP contribution in [-0.2, 0) is 6.54 Å². The van der Waals surface area contributed by atoms with Gasteiger partial charge in [-0.2, -0.15) is 0 Å². The van der Waals surface area contributed by atoms with Crippen molar-refractivity contribution >= 4 is 16.7 Å². The van der Waals surface area contributed by atoms with Crippen LogP contribution in [0.25, 0.3) is 10.9 Å². The number of hydrogen-bond donors (Lipinski definition) is 0. The first-order valence-electron chi connectivity index (χ1n) is 6.79. The van der Waals surface area contributed by atoms with Crippen LogP contribution in [0.15, 0.2) is 54.7 Å². The fourth-order valence-corrected chi connectivity index (χ4v) is 2.64. The predicted molar refractivity (Wildman–Crippen MR) is 82.2 cm³/mol. The van der Waals surface area contributed by atoms with Crippen LogP contribution in [0.1, 0.15) is 21.5 Å². The summed E-state index contributed by atoms with van der Waals surface area (Å²) in [5.41, 5.74) is 4.15. The van der Waals surface area contributed by atoms with Gasteiger partial charge in [0.05, 0.1) is 6.54 Å². The normalized spacial score (nSPS) is 10.9. The number of rotatable bonds is 3. The molecule has 20 heavy (non-hydrogen) atoms. The molecular weight excluding hydrogens is 246 g/mol. The molecule has 3 aromatic rings. The second-order valence-corrected chi connectivity index (χ2v) is 5.24. The lowest BCUT2D eigenvalue weighted by atomic mass is 10.0. The number of benzene rings is 2. The van der Waals surface area contributed by atoms with Crippen molar-refractivity contribution in [2.75, 3.05) is 0 Å². The quantitative estimate of drug-likeness (QED) is 0.651. The Kier molecular flexibility index (Phi) is 3.15. The fourth-order valence-electron chi connectivity index (χ4n) is 2.64. The molecule has 3 rings (SSSR count). The third kappa shape index (κ3) is 2.25. The summed E-state index contributed by atoms with van der Waals surface area (Å²) in [6.45, 7) is 4.42. The van der Waals surface area contributed by atoms with Gasteiger partial charge in [-0.15, -0.1) is 0 Å². The van der Waals surface area contributed by atoms with Crippen LogP contribution < -0.4 is 0 Å². The molecule has 0 amide bonds. The van der Waals surface area contributed by atoms with E-state index in [0.717, 1.165) is 16.6 Å². The number of para-hydroxylation sites is 1. The highest BCUT2D eigenvalue weighted by Gasteiger charge is 2.11. The Morgan fingerprint density at radius 3 is 2.65 bits per heavy atom. The summed E-state index contributed by atoms with van der Waals surface area (Å²) in [7, 11) is 0. The third-order valence-electron chi connectivity index (χ3n) is 3.68. The van der Waals surface area contributed by atoms with Gasteiger partial charge in [-0.3, -0.25) is 4.79 Å². The predicted octanol–water partition coefficient (Wildman–Crippen LogP) is 4.14. The molecule has 2 heteroatoms. The van der Waals surface area contributed by atoms with Crippen molar-refractivity contribution in [1.82, 2.24) is 4.57 Å². The topological polar surface area (TPSA) is 22.0 Å². The van der Waals surface area contributed by atoms with Gasteiger partial charge in [-0.1, -0.05) is 42.0 Å². The summed E-state index contributed by atoms with van der Waals surface area (Å²) in [6, 6.07) is 16.1. The molecule has 0 atom stereocenters. The highest BCUT2D eigenvalue weighted by atomic mass is 16.1. The number of aryl methyl sites for hydroxylation is 2. The van der Waals surface area contributed by atoms with E-state index in [1.54, 1.807) is 0 Å². The van der Waals surface area contributed by atoms with Gasteiger partial charge in [0.15, 0.2) is 5.78 Å². The molecule has 2 nitrogen and oxygen atoms in total. The van der Waals surface area contributed by atoms with Gasteiger partial charge in [0.1, 0.15) is 0 Å². The Balaban J connectivity index is 1.92. The molecule has 100 valence electrons. The number of fused-ring (bicyclic) bond motifs is 1. The molecule has 0 radical (unpaired) electrons. The van der Waals surface area contributed by atoms with Crippen molar-refractivity contribution < 1.29 is 4.79 Å². The Morgan fingerprint density at radius 1 is 1.05 bits per heavy atom. The SMILES string of the molecule is Cc1ccc(C(=O)Cn2ccc3ccccc32)c(C)c1.